The molecule has 0 radical (unpaired) electrons. The van der Waals surface area contributed by atoms with E-state index in [0.29, 0.717) is 0 Å². The van der Waals surface area contributed by atoms with Gasteiger partial charge >= 0.3 is 0 Å². The van der Waals surface area contributed by atoms with E-state index in [-0.39, 0.29) is 16.9 Å². The van der Waals surface area contributed by atoms with Gasteiger partial charge in [0.1, 0.15) is 0 Å². The Bertz CT molecular complexity index is 97.8. The molecule has 1 rings (SSSR count). The van der Waals surface area contributed by atoms with E-state index in [1.54, 1.807) is 7.11 Å². The van der Waals surface area contributed by atoms with E-state index in [4.69, 9.17) is 27.9 Å². The summed E-state index contributed by atoms with van der Waals surface area (Å²) in [4.78, 5) is 0. The molecule has 0 aliphatic heterocycles. The van der Waals surface area contributed by atoms with Crippen molar-refractivity contribution in [2.75, 3.05) is 7.11 Å². The van der Waals surface area contributed by atoms with E-state index in [2.05, 4.69) is 0 Å². The first kappa shape index (κ1) is 8.63. The molecule has 1 saturated carbocycles. The molecule has 0 aromatic heterocycles. The van der Waals surface area contributed by atoms with Crippen LogP contribution in [0.25, 0.3) is 0 Å². The first-order valence-electron chi connectivity index (χ1n) is 3.56. The van der Waals surface area contributed by atoms with Gasteiger partial charge in [0.15, 0.2) is 0 Å². The topological polar surface area (TPSA) is 9.23 Å². The summed E-state index contributed by atoms with van der Waals surface area (Å²) in [5.41, 5.74) is 0. The average Bonchev–Trinajstić information content (AvgIpc) is 1.88. The Morgan fingerprint density at radius 1 is 1.20 bits per heavy atom. The molecule has 2 atom stereocenters. The van der Waals surface area contributed by atoms with Crippen molar-refractivity contribution in [2.45, 2.75) is 36.1 Å². The summed E-state index contributed by atoms with van der Waals surface area (Å²) in [7, 11) is 1.67. The number of halogens is 2. The maximum atomic E-state index is 5.97. The monoisotopic (exact) mass is 182 g/mol. The predicted molar refractivity (Wildman–Crippen MR) is 43.9 cm³/mol. The van der Waals surface area contributed by atoms with Crippen molar-refractivity contribution in [1.29, 1.82) is 0 Å². The lowest BCUT2D eigenvalue weighted by atomic mass is 9.97. The van der Waals surface area contributed by atoms with Gasteiger partial charge in [0, 0.05) is 7.11 Å². The lowest BCUT2D eigenvalue weighted by Gasteiger charge is -2.29. The second kappa shape index (κ2) is 3.80. The summed E-state index contributed by atoms with van der Waals surface area (Å²) in [6, 6.07) is 0. The number of hydrogen-bond donors (Lipinski definition) is 0. The van der Waals surface area contributed by atoms with Gasteiger partial charge in [-0.05, 0) is 12.8 Å². The Morgan fingerprint density at radius 2 is 1.70 bits per heavy atom. The summed E-state index contributed by atoms with van der Waals surface area (Å²) in [5.74, 6) is 0. The molecular formula is C7H12Cl2O. The molecule has 60 valence electrons. The van der Waals surface area contributed by atoms with Crippen LogP contribution in [-0.2, 0) is 4.74 Å². The third-order valence-corrected chi connectivity index (χ3v) is 2.88. The van der Waals surface area contributed by atoms with Gasteiger partial charge in [-0.25, -0.2) is 0 Å². The Balaban J connectivity index is 2.45. The minimum Gasteiger partial charge on any atom is -0.378 e. The molecule has 1 aliphatic carbocycles. The number of rotatable bonds is 1. The van der Waals surface area contributed by atoms with Gasteiger partial charge in [0.2, 0.25) is 0 Å². The fraction of sp³-hybridized carbons (Fsp3) is 1.00. The van der Waals surface area contributed by atoms with E-state index >= 15 is 0 Å². The maximum absolute atomic E-state index is 5.97. The van der Waals surface area contributed by atoms with Gasteiger partial charge in [0.25, 0.3) is 0 Å². The summed E-state index contributed by atoms with van der Waals surface area (Å²) in [6.45, 7) is 0. The Labute approximate surface area is 71.6 Å². The Kier molecular flexibility index (Phi) is 3.28. The largest absolute Gasteiger partial charge is 0.378 e. The highest BCUT2D eigenvalue weighted by atomic mass is 35.5. The molecule has 1 aliphatic rings. The van der Waals surface area contributed by atoms with Crippen molar-refractivity contribution in [3.63, 3.8) is 0 Å². The molecule has 1 fully saturated rings. The van der Waals surface area contributed by atoms with Crippen LogP contribution in [0.2, 0.25) is 0 Å². The molecule has 0 saturated heterocycles. The third-order valence-electron chi connectivity index (χ3n) is 1.94. The van der Waals surface area contributed by atoms with Crippen LogP contribution in [0.1, 0.15) is 19.3 Å². The highest BCUT2D eigenvalue weighted by Gasteiger charge is 2.30. The smallest absolute Gasteiger partial charge is 0.0897 e. The zero-order valence-electron chi connectivity index (χ0n) is 6.02. The van der Waals surface area contributed by atoms with Crippen LogP contribution in [0.3, 0.4) is 0 Å². The molecule has 0 aromatic rings. The standard InChI is InChI=1S/C7H12Cl2O/c1-10-7-5(8)3-2-4-6(7)9/h5-7H,2-4H2,1H3. The van der Waals surface area contributed by atoms with E-state index < -0.39 is 0 Å². The quantitative estimate of drug-likeness (QED) is 0.567. The summed E-state index contributed by atoms with van der Waals surface area (Å²) in [5, 5.41) is 0.225. The first-order chi connectivity index (χ1) is 4.75. The first-order valence-corrected chi connectivity index (χ1v) is 4.44. The highest BCUT2D eigenvalue weighted by Crippen LogP contribution is 2.28. The van der Waals surface area contributed by atoms with Crippen molar-refractivity contribution in [3.05, 3.63) is 0 Å². The van der Waals surface area contributed by atoms with E-state index in [1.807, 2.05) is 0 Å². The lowest BCUT2D eigenvalue weighted by molar-refractivity contribution is 0.0779. The van der Waals surface area contributed by atoms with Crippen molar-refractivity contribution >= 4 is 23.2 Å². The maximum Gasteiger partial charge on any atom is 0.0897 e. The van der Waals surface area contributed by atoms with Gasteiger partial charge in [-0.3, -0.25) is 0 Å². The van der Waals surface area contributed by atoms with Crippen LogP contribution in [0.15, 0.2) is 0 Å². The zero-order valence-corrected chi connectivity index (χ0v) is 7.53. The van der Waals surface area contributed by atoms with Gasteiger partial charge < -0.3 is 4.74 Å². The fourth-order valence-corrected chi connectivity index (χ4v) is 2.30. The minimum absolute atomic E-state index is 0.0529. The molecule has 0 spiro atoms. The van der Waals surface area contributed by atoms with Crippen LogP contribution >= 0.6 is 23.2 Å². The molecular weight excluding hydrogens is 171 g/mol. The summed E-state index contributed by atoms with van der Waals surface area (Å²) in [6.07, 6.45) is 3.24. The Hall–Kier alpha value is 0.540. The number of methoxy groups -OCH3 is 1. The summed E-state index contributed by atoms with van der Waals surface area (Å²) >= 11 is 11.9. The van der Waals surface area contributed by atoms with Crippen LogP contribution in [0.4, 0.5) is 0 Å². The molecule has 0 amide bonds. The molecule has 0 heterocycles. The van der Waals surface area contributed by atoms with Crippen LogP contribution in [0.5, 0.6) is 0 Å². The lowest BCUT2D eigenvalue weighted by Crippen LogP contribution is -2.36. The van der Waals surface area contributed by atoms with Crippen LogP contribution in [0, 0.1) is 0 Å². The van der Waals surface area contributed by atoms with Gasteiger partial charge in [-0.1, -0.05) is 6.42 Å². The summed E-state index contributed by atoms with van der Waals surface area (Å²) < 4.78 is 5.15. The molecule has 3 heteroatoms. The van der Waals surface area contributed by atoms with E-state index in [9.17, 15) is 0 Å². The van der Waals surface area contributed by atoms with E-state index in [1.165, 1.54) is 0 Å². The second-order valence-corrected chi connectivity index (χ2v) is 3.78. The molecule has 0 N–H and O–H groups in total. The van der Waals surface area contributed by atoms with Crippen molar-refractivity contribution in [1.82, 2.24) is 0 Å². The molecule has 10 heavy (non-hydrogen) atoms. The highest BCUT2D eigenvalue weighted by molar-refractivity contribution is 6.24. The van der Waals surface area contributed by atoms with E-state index in [0.717, 1.165) is 19.3 Å². The van der Waals surface area contributed by atoms with Crippen LogP contribution in [-0.4, -0.2) is 24.0 Å². The molecule has 1 nitrogen and oxygen atoms in total. The SMILES string of the molecule is COC1C(Cl)CCCC1Cl. The normalized spacial score (nSPS) is 41.7. The number of hydrogen-bond acceptors (Lipinski definition) is 1. The average molecular weight is 183 g/mol. The number of alkyl halides is 2. The second-order valence-electron chi connectivity index (χ2n) is 2.66. The zero-order chi connectivity index (χ0) is 7.56. The molecule has 0 bridgehead atoms. The van der Waals surface area contributed by atoms with Gasteiger partial charge in [-0.15, -0.1) is 23.2 Å². The van der Waals surface area contributed by atoms with Crippen molar-refractivity contribution in [3.8, 4) is 0 Å². The fourth-order valence-electron chi connectivity index (χ4n) is 1.36. The molecule has 2 unspecified atom stereocenters. The number of ether oxygens (including phenoxy) is 1. The minimum atomic E-state index is 0.0529. The van der Waals surface area contributed by atoms with Gasteiger partial charge in [-0.2, -0.15) is 0 Å². The predicted octanol–water partition coefficient (Wildman–Crippen LogP) is 2.40. The van der Waals surface area contributed by atoms with Crippen molar-refractivity contribution < 1.29 is 4.74 Å². The van der Waals surface area contributed by atoms with Crippen LogP contribution < -0.4 is 0 Å². The Morgan fingerprint density at radius 3 is 2.00 bits per heavy atom. The van der Waals surface area contributed by atoms with Crippen molar-refractivity contribution in [2.24, 2.45) is 0 Å². The third kappa shape index (κ3) is 1.77. The van der Waals surface area contributed by atoms with Gasteiger partial charge in [0.05, 0.1) is 16.9 Å². The molecule has 0 aromatic carbocycles.